The maximum atomic E-state index is 13.2. The van der Waals surface area contributed by atoms with Crippen LogP contribution in [0.5, 0.6) is 11.5 Å². The van der Waals surface area contributed by atoms with Gasteiger partial charge in [-0.2, -0.15) is 0 Å². The Balaban J connectivity index is 2.41. The van der Waals surface area contributed by atoms with Gasteiger partial charge in [0.1, 0.15) is 12.6 Å². The van der Waals surface area contributed by atoms with Gasteiger partial charge in [-0.25, -0.2) is 8.78 Å². The molecule has 0 aromatic heterocycles. The van der Waals surface area contributed by atoms with E-state index >= 15 is 0 Å². The van der Waals surface area contributed by atoms with Gasteiger partial charge in [0, 0.05) is 5.56 Å². The molecule has 100 valence electrons. The summed E-state index contributed by atoms with van der Waals surface area (Å²) in [6, 6.07) is 1.50. The first-order valence-corrected chi connectivity index (χ1v) is 4.90. The Labute approximate surface area is 98.9 Å². The number of aliphatic hydroxyl groups excluding tert-OH is 1. The molecule has 1 aliphatic rings. The second kappa shape index (κ2) is 3.99. The fraction of sp³-hybridized carbons (Fsp3) is 0.400. The summed E-state index contributed by atoms with van der Waals surface area (Å²) in [4.78, 5) is 0. The number of para-hydroxylation sites is 1. The first-order valence-electron chi connectivity index (χ1n) is 4.90. The molecule has 0 spiro atoms. The van der Waals surface area contributed by atoms with Crippen molar-refractivity contribution < 1.29 is 32.1 Å². The first kappa shape index (κ1) is 12.9. The van der Waals surface area contributed by atoms with E-state index in [1.54, 1.807) is 0 Å². The zero-order valence-electron chi connectivity index (χ0n) is 8.87. The summed E-state index contributed by atoms with van der Waals surface area (Å²) >= 11 is 0. The van der Waals surface area contributed by atoms with E-state index in [0.29, 0.717) is 0 Å². The number of rotatable bonds is 3. The molecule has 3 N–H and O–H groups in total. The Morgan fingerprint density at radius 3 is 2.61 bits per heavy atom. The molecule has 0 fully saturated rings. The minimum atomic E-state index is -3.91. The van der Waals surface area contributed by atoms with Gasteiger partial charge in [0.25, 0.3) is 5.92 Å². The number of hydrogen-bond acceptors (Lipinski definition) is 4. The molecular weight excluding hydrogens is 258 g/mol. The number of halogens is 4. The Bertz CT molecular complexity index is 466. The highest BCUT2D eigenvalue weighted by molar-refractivity contribution is 5.50. The van der Waals surface area contributed by atoms with Crippen molar-refractivity contribution >= 4 is 0 Å². The Morgan fingerprint density at radius 2 is 2.00 bits per heavy atom. The molecule has 1 aromatic carbocycles. The third kappa shape index (κ3) is 2.08. The van der Waals surface area contributed by atoms with Crippen LogP contribution in [-0.2, 0) is 0 Å². The smallest absolute Gasteiger partial charge is 0.395 e. The number of fused-ring (bicyclic) bond motifs is 1. The SMILES string of the molecule is N[C@@H](c1cccc2c1OC(F)(F)O2)C(F)(F)CO. The minimum Gasteiger partial charge on any atom is -0.395 e. The molecule has 0 amide bonds. The predicted molar refractivity (Wildman–Crippen MR) is 51.6 cm³/mol. The van der Waals surface area contributed by atoms with E-state index in [1.165, 1.54) is 6.07 Å². The number of ether oxygens (including phenoxy) is 2. The number of hydrogen-bond donors (Lipinski definition) is 2. The van der Waals surface area contributed by atoms with E-state index in [9.17, 15) is 17.6 Å². The quantitative estimate of drug-likeness (QED) is 0.817. The van der Waals surface area contributed by atoms with Crippen LogP contribution in [-0.4, -0.2) is 23.9 Å². The minimum absolute atomic E-state index is 0.358. The molecule has 0 aliphatic carbocycles. The van der Waals surface area contributed by atoms with Crippen LogP contribution in [0.1, 0.15) is 11.6 Å². The van der Waals surface area contributed by atoms with Gasteiger partial charge in [0.15, 0.2) is 11.5 Å². The van der Waals surface area contributed by atoms with Crippen LogP contribution in [0.4, 0.5) is 17.6 Å². The van der Waals surface area contributed by atoms with Crippen molar-refractivity contribution in [2.75, 3.05) is 6.61 Å². The Kier molecular flexibility index (Phi) is 2.86. The standard InChI is InChI=1S/C10H9F4NO3/c11-9(12,4-16)8(15)5-2-1-3-6-7(5)18-10(13,14)17-6/h1-3,8,16H,4,15H2/t8-/m0/s1. The largest absolute Gasteiger partial charge is 0.586 e. The van der Waals surface area contributed by atoms with E-state index < -0.39 is 30.6 Å². The highest BCUT2D eigenvalue weighted by atomic mass is 19.3. The topological polar surface area (TPSA) is 64.7 Å². The summed E-state index contributed by atoms with van der Waals surface area (Å²) in [6.07, 6.45) is -3.91. The van der Waals surface area contributed by atoms with Crippen molar-refractivity contribution in [3.8, 4) is 11.5 Å². The lowest BCUT2D eigenvalue weighted by Crippen LogP contribution is -2.36. The number of nitrogens with two attached hydrogens (primary N) is 1. The molecule has 1 aliphatic heterocycles. The van der Waals surface area contributed by atoms with E-state index in [4.69, 9.17) is 10.8 Å². The van der Waals surface area contributed by atoms with Crippen LogP contribution in [0.25, 0.3) is 0 Å². The van der Waals surface area contributed by atoms with Crippen LogP contribution >= 0.6 is 0 Å². The second-order valence-corrected chi connectivity index (χ2v) is 3.74. The van der Waals surface area contributed by atoms with Crippen molar-refractivity contribution in [2.45, 2.75) is 18.3 Å². The van der Waals surface area contributed by atoms with Crippen LogP contribution in [0, 0.1) is 0 Å². The van der Waals surface area contributed by atoms with Crippen molar-refractivity contribution in [3.63, 3.8) is 0 Å². The van der Waals surface area contributed by atoms with E-state index in [0.717, 1.165) is 12.1 Å². The van der Waals surface area contributed by atoms with Crippen LogP contribution in [0.3, 0.4) is 0 Å². The number of aliphatic hydroxyl groups is 1. The van der Waals surface area contributed by atoms with Gasteiger partial charge in [-0.3, -0.25) is 0 Å². The third-order valence-electron chi connectivity index (χ3n) is 2.46. The average molecular weight is 267 g/mol. The molecule has 4 nitrogen and oxygen atoms in total. The van der Waals surface area contributed by atoms with Crippen LogP contribution in [0.15, 0.2) is 18.2 Å². The average Bonchev–Trinajstić information content (AvgIpc) is 2.61. The molecule has 1 atom stereocenters. The summed E-state index contributed by atoms with van der Waals surface area (Å²) in [5.74, 6) is -4.57. The number of alkyl halides is 4. The summed E-state index contributed by atoms with van der Waals surface area (Å²) < 4.78 is 60.4. The van der Waals surface area contributed by atoms with Crippen LogP contribution < -0.4 is 15.2 Å². The van der Waals surface area contributed by atoms with Gasteiger partial charge in [0.05, 0.1) is 0 Å². The maximum absolute atomic E-state index is 13.2. The Morgan fingerprint density at radius 1 is 1.33 bits per heavy atom. The first-order chi connectivity index (χ1) is 8.27. The molecule has 1 aromatic rings. The molecule has 8 heteroatoms. The van der Waals surface area contributed by atoms with Gasteiger partial charge in [-0.15, -0.1) is 8.78 Å². The molecule has 2 rings (SSSR count). The lowest BCUT2D eigenvalue weighted by molar-refractivity contribution is -0.287. The second-order valence-electron chi connectivity index (χ2n) is 3.74. The zero-order valence-corrected chi connectivity index (χ0v) is 8.87. The molecule has 0 bridgehead atoms. The normalized spacial score (nSPS) is 18.8. The highest BCUT2D eigenvalue weighted by Crippen LogP contribution is 2.46. The summed E-state index contributed by atoms with van der Waals surface area (Å²) in [6.45, 7) is -1.50. The molecule has 18 heavy (non-hydrogen) atoms. The molecule has 0 radical (unpaired) electrons. The van der Waals surface area contributed by atoms with Gasteiger partial charge in [0.2, 0.25) is 0 Å². The fourth-order valence-corrected chi connectivity index (χ4v) is 1.56. The van der Waals surface area contributed by atoms with Gasteiger partial charge < -0.3 is 20.3 Å². The highest BCUT2D eigenvalue weighted by Gasteiger charge is 2.47. The molecule has 0 saturated carbocycles. The lowest BCUT2D eigenvalue weighted by atomic mass is 10.0. The predicted octanol–water partition coefficient (Wildman–Crippen LogP) is 1.64. The molecule has 1 heterocycles. The van der Waals surface area contributed by atoms with E-state index in [-0.39, 0.29) is 11.3 Å². The molecular formula is C10H9F4NO3. The van der Waals surface area contributed by atoms with Crippen molar-refractivity contribution in [1.82, 2.24) is 0 Å². The fourth-order valence-electron chi connectivity index (χ4n) is 1.56. The zero-order chi connectivity index (χ0) is 13.6. The van der Waals surface area contributed by atoms with E-state index in [1.807, 2.05) is 0 Å². The van der Waals surface area contributed by atoms with Crippen molar-refractivity contribution in [3.05, 3.63) is 23.8 Å². The van der Waals surface area contributed by atoms with Crippen molar-refractivity contribution in [2.24, 2.45) is 5.73 Å². The summed E-state index contributed by atoms with van der Waals surface area (Å²) in [7, 11) is 0. The summed E-state index contributed by atoms with van der Waals surface area (Å²) in [5.41, 5.74) is 4.90. The van der Waals surface area contributed by atoms with Crippen molar-refractivity contribution in [1.29, 1.82) is 0 Å². The van der Waals surface area contributed by atoms with E-state index in [2.05, 4.69) is 9.47 Å². The van der Waals surface area contributed by atoms with Gasteiger partial charge >= 0.3 is 6.29 Å². The molecule has 0 unspecified atom stereocenters. The monoisotopic (exact) mass is 267 g/mol. The van der Waals surface area contributed by atoms with Gasteiger partial charge in [-0.1, -0.05) is 12.1 Å². The third-order valence-corrected chi connectivity index (χ3v) is 2.46. The van der Waals surface area contributed by atoms with Crippen LogP contribution in [0.2, 0.25) is 0 Å². The van der Waals surface area contributed by atoms with Gasteiger partial charge in [-0.05, 0) is 6.07 Å². The Hall–Kier alpha value is -1.54. The maximum Gasteiger partial charge on any atom is 0.586 e. The lowest BCUT2D eigenvalue weighted by Gasteiger charge is -2.22. The number of benzene rings is 1. The summed E-state index contributed by atoms with van der Waals surface area (Å²) in [5, 5.41) is 8.53. The molecule has 0 saturated heterocycles.